The molecule has 0 aliphatic carbocycles. The number of hydrogen-bond donors (Lipinski definition) is 3. The number of benzene rings is 2. The Hall–Kier alpha value is -2.22. The molecule has 4 N–H and O–H groups in total. The van der Waals surface area contributed by atoms with Gasteiger partial charge in [-0.2, -0.15) is 0 Å². The second-order valence-electron chi connectivity index (χ2n) is 7.45. The van der Waals surface area contributed by atoms with E-state index in [4.69, 9.17) is 5.73 Å². The molecule has 28 heavy (non-hydrogen) atoms. The molecule has 2 atom stereocenters. The molecular formula is C21H27N3O3S. The molecule has 1 fully saturated rings. The van der Waals surface area contributed by atoms with E-state index < -0.39 is 21.2 Å². The van der Waals surface area contributed by atoms with Gasteiger partial charge in [0, 0.05) is 24.1 Å². The third-order valence-corrected chi connectivity index (χ3v) is 7.13. The Morgan fingerprint density at radius 3 is 2.46 bits per heavy atom. The zero-order valence-electron chi connectivity index (χ0n) is 16.2. The first-order valence-electron chi connectivity index (χ1n) is 9.50. The highest BCUT2D eigenvalue weighted by Gasteiger charge is 2.31. The predicted octanol–water partition coefficient (Wildman–Crippen LogP) is 2.23. The minimum absolute atomic E-state index is 0.0442. The Kier molecular flexibility index (Phi) is 6.17. The molecule has 0 spiro atoms. The largest absolute Gasteiger partial charge is 0.366 e. The minimum Gasteiger partial charge on any atom is -0.366 e. The first-order valence-corrected chi connectivity index (χ1v) is 11.0. The van der Waals surface area contributed by atoms with Crippen molar-refractivity contribution in [3.05, 3.63) is 59.7 Å². The molecule has 2 aromatic carbocycles. The van der Waals surface area contributed by atoms with Crippen LogP contribution in [0.1, 0.15) is 42.1 Å². The van der Waals surface area contributed by atoms with Gasteiger partial charge in [0.1, 0.15) is 0 Å². The molecule has 0 aromatic heterocycles. The SMILES string of the molecule is CC(C)S(=O)(=O)N[C@H]1CCNC[C@@H]1c1ccc(-c2ccccc2C(N)=O)cc1. The van der Waals surface area contributed by atoms with Gasteiger partial charge in [0.15, 0.2) is 0 Å². The monoisotopic (exact) mass is 401 g/mol. The maximum Gasteiger partial charge on any atom is 0.249 e. The van der Waals surface area contributed by atoms with E-state index in [1.54, 1.807) is 26.0 Å². The molecule has 1 aliphatic heterocycles. The van der Waals surface area contributed by atoms with Crippen LogP contribution in [0.3, 0.4) is 0 Å². The summed E-state index contributed by atoms with van der Waals surface area (Å²) in [6.45, 7) is 4.86. The topological polar surface area (TPSA) is 101 Å². The van der Waals surface area contributed by atoms with E-state index in [1.807, 2.05) is 36.4 Å². The van der Waals surface area contributed by atoms with Crippen LogP contribution in [0.25, 0.3) is 11.1 Å². The van der Waals surface area contributed by atoms with Gasteiger partial charge in [-0.1, -0.05) is 42.5 Å². The molecule has 0 saturated carbocycles. The van der Waals surface area contributed by atoms with Crippen molar-refractivity contribution in [2.75, 3.05) is 13.1 Å². The second-order valence-corrected chi connectivity index (χ2v) is 9.72. The molecule has 1 amide bonds. The summed E-state index contributed by atoms with van der Waals surface area (Å²) < 4.78 is 27.6. The standard InChI is InChI=1S/C21H27N3O3S/c1-14(2)28(26,27)24-20-11-12-23-13-19(20)16-9-7-15(8-10-16)17-5-3-4-6-18(17)21(22)25/h3-10,14,19-20,23-24H,11-13H2,1-2H3,(H2,22,25)/t19-,20+/m1/s1. The number of rotatable bonds is 6. The van der Waals surface area contributed by atoms with Gasteiger partial charge in [-0.3, -0.25) is 4.79 Å². The Labute approximate surface area is 166 Å². The van der Waals surface area contributed by atoms with Crippen LogP contribution in [0.15, 0.2) is 48.5 Å². The summed E-state index contributed by atoms with van der Waals surface area (Å²) in [6, 6.07) is 15.0. The summed E-state index contributed by atoms with van der Waals surface area (Å²) in [7, 11) is -3.33. The van der Waals surface area contributed by atoms with Crippen molar-refractivity contribution in [2.24, 2.45) is 5.73 Å². The first-order chi connectivity index (χ1) is 13.3. The van der Waals surface area contributed by atoms with Crippen molar-refractivity contribution >= 4 is 15.9 Å². The highest BCUT2D eigenvalue weighted by atomic mass is 32.2. The molecule has 6 nitrogen and oxygen atoms in total. The third kappa shape index (κ3) is 4.43. The fourth-order valence-electron chi connectivity index (χ4n) is 3.56. The molecule has 2 aromatic rings. The van der Waals surface area contributed by atoms with Gasteiger partial charge in [-0.25, -0.2) is 13.1 Å². The normalized spacial score (nSPS) is 20.2. The summed E-state index contributed by atoms with van der Waals surface area (Å²) in [5.41, 5.74) is 8.73. The highest BCUT2D eigenvalue weighted by Crippen LogP contribution is 2.29. The number of amides is 1. The molecule has 0 unspecified atom stereocenters. The third-order valence-electron chi connectivity index (χ3n) is 5.26. The van der Waals surface area contributed by atoms with Gasteiger partial charge in [0.2, 0.25) is 15.9 Å². The van der Waals surface area contributed by atoms with Crippen LogP contribution in [-0.2, 0) is 10.0 Å². The van der Waals surface area contributed by atoms with Gasteiger partial charge in [-0.15, -0.1) is 0 Å². The maximum absolute atomic E-state index is 12.3. The molecule has 1 saturated heterocycles. The van der Waals surface area contributed by atoms with Crippen LogP contribution in [0.4, 0.5) is 0 Å². The Morgan fingerprint density at radius 2 is 1.82 bits per heavy atom. The molecule has 0 radical (unpaired) electrons. The van der Waals surface area contributed by atoms with Crippen molar-refractivity contribution in [3.63, 3.8) is 0 Å². The molecule has 3 rings (SSSR count). The molecule has 0 bridgehead atoms. The zero-order valence-corrected chi connectivity index (χ0v) is 17.0. The van der Waals surface area contributed by atoms with Crippen LogP contribution in [0.2, 0.25) is 0 Å². The van der Waals surface area contributed by atoms with E-state index >= 15 is 0 Å². The fourth-order valence-corrected chi connectivity index (χ4v) is 4.53. The number of carbonyl (C=O) groups excluding carboxylic acids is 1. The number of hydrogen-bond acceptors (Lipinski definition) is 4. The maximum atomic E-state index is 12.3. The number of carbonyl (C=O) groups is 1. The number of nitrogens with one attached hydrogen (secondary N) is 2. The van der Waals surface area contributed by atoms with Crippen LogP contribution in [0, 0.1) is 0 Å². The first kappa shape index (κ1) is 20.5. The van der Waals surface area contributed by atoms with Crippen molar-refractivity contribution in [3.8, 4) is 11.1 Å². The van der Waals surface area contributed by atoms with E-state index in [-0.39, 0.29) is 12.0 Å². The molecule has 7 heteroatoms. The van der Waals surface area contributed by atoms with Gasteiger partial charge in [-0.05, 0) is 49.6 Å². The molecule has 1 aliphatic rings. The average Bonchev–Trinajstić information content (AvgIpc) is 2.68. The lowest BCUT2D eigenvalue weighted by Crippen LogP contribution is -2.49. The van der Waals surface area contributed by atoms with Crippen molar-refractivity contribution in [1.29, 1.82) is 0 Å². The number of nitrogens with two attached hydrogens (primary N) is 1. The van der Waals surface area contributed by atoms with Gasteiger partial charge < -0.3 is 11.1 Å². The van der Waals surface area contributed by atoms with Crippen molar-refractivity contribution < 1.29 is 13.2 Å². The Bertz CT molecular complexity index is 940. The zero-order chi connectivity index (χ0) is 20.3. The second kappa shape index (κ2) is 8.43. The summed E-state index contributed by atoms with van der Waals surface area (Å²) in [5.74, 6) is -0.415. The van der Waals surface area contributed by atoms with Gasteiger partial charge in [0.25, 0.3) is 0 Å². The van der Waals surface area contributed by atoms with Crippen LogP contribution >= 0.6 is 0 Å². The van der Waals surface area contributed by atoms with E-state index in [0.29, 0.717) is 12.1 Å². The molecular weight excluding hydrogens is 374 g/mol. The predicted molar refractivity (Wildman–Crippen MR) is 112 cm³/mol. The number of primary amides is 1. The Morgan fingerprint density at radius 1 is 1.14 bits per heavy atom. The lowest BCUT2D eigenvalue weighted by atomic mass is 9.86. The van der Waals surface area contributed by atoms with Crippen molar-refractivity contribution in [2.45, 2.75) is 37.5 Å². The smallest absolute Gasteiger partial charge is 0.249 e. The summed E-state index contributed by atoms with van der Waals surface area (Å²) in [5, 5.41) is 2.89. The van der Waals surface area contributed by atoms with Crippen LogP contribution in [0.5, 0.6) is 0 Å². The van der Waals surface area contributed by atoms with E-state index in [0.717, 1.165) is 29.7 Å². The lowest BCUT2D eigenvalue weighted by molar-refractivity contribution is 0.100. The van der Waals surface area contributed by atoms with E-state index in [1.165, 1.54) is 0 Å². The summed E-state index contributed by atoms with van der Waals surface area (Å²) >= 11 is 0. The molecule has 150 valence electrons. The van der Waals surface area contributed by atoms with Gasteiger partial charge >= 0.3 is 0 Å². The van der Waals surface area contributed by atoms with Gasteiger partial charge in [0.05, 0.1) is 5.25 Å². The van der Waals surface area contributed by atoms with Crippen LogP contribution in [-0.4, -0.2) is 38.7 Å². The minimum atomic E-state index is -3.33. The quantitative estimate of drug-likeness (QED) is 0.691. The lowest BCUT2D eigenvalue weighted by Gasteiger charge is -2.33. The number of piperidine rings is 1. The number of sulfonamides is 1. The van der Waals surface area contributed by atoms with E-state index in [2.05, 4.69) is 10.0 Å². The summed E-state index contributed by atoms with van der Waals surface area (Å²) in [6.07, 6.45) is 0.739. The average molecular weight is 402 g/mol. The highest BCUT2D eigenvalue weighted by molar-refractivity contribution is 7.90. The van der Waals surface area contributed by atoms with E-state index in [9.17, 15) is 13.2 Å². The Balaban J connectivity index is 1.87. The summed E-state index contributed by atoms with van der Waals surface area (Å²) in [4.78, 5) is 11.7. The fraction of sp³-hybridized carbons (Fsp3) is 0.381. The molecule has 1 heterocycles. The van der Waals surface area contributed by atoms with Crippen molar-refractivity contribution in [1.82, 2.24) is 10.0 Å². The van der Waals surface area contributed by atoms with Crippen LogP contribution < -0.4 is 15.8 Å².